The number of hydrogen-bond donors (Lipinski definition) is 1. The van der Waals surface area contributed by atoms with Crippen LogP contribution in [0.4, 0.5) is 4.39 Å². The summed E-state index contributed by atoms with van der Waals surface area (Å²) in [5.74, 6) is 0.158. The topological polar surface area (TPSA) is 54.7 Å². The number of aromatic amines is 1. The molecule has 2 aromatic carbocycles. The first-order chi connectivity index (χ1) is 10.3. The predicted molar refractivity (Wildman–Crippen MR) is 77.0 cm³/mol. The molecule has 0 aliphatic rings. The summed E-state index contributed by atoms with van der Waals surface area (Å²) in [6.07, 6.45) is 1.81. The van der Waals surface area contributed by atoms with Crippen molar-refractivity contribution in [2.45, 2.75) is 0 Å². The van der Waals surface area contributed by atoms with Gasteiger partial charge in [-0.05, 0) is 18.2 Å². The summed E-state index contributed by atoms with van der Waals surface area (Å²) >= 11 is 0. The lowest BCUT2D eigenvalue weighted by Crippen LogP contribution is -1.82. The van der Waals surface area contributed by atoms with Crippen molar-refractivity contribution in [1.82, 2.24) is 15.2 Å². The van der Waals surface area contributed by atoms with Crippen LogP contribution in [0.5, 0.6) is 0 Å². The molecule has 0 saturated carbocycles. The number of hydrogen-bond acceptors (Lipinski definition) is 3. The Morgan fingerprint density at radius 1 is 0.857 bits per heavy atom. The summed E-state index contributed by atoms with van der Waals surface area (Å²) < 4.78 is 19.4. The molecule has 4 nitrogen and oxygen atoms in total. The molecule has 21 heavy (non-hydrogen) atoms. The van der Waals surface area contributed by atoms with Crippen LogP contribution in [0, 0.1) is 5.82 Å². The summed E-state index contributed by atoms with van der Waals surface area (Å²) in [5.41, 5.74) is 2.09. The van der Waals surface area contributed by atoms with Gasteiger partial charge in [0.05, 0.1) is 11.1 Å². The van der Waals surface area contributed by atoms with Crippen LogP contribution in [0.3, 0.4) is 0 Å². The highest BCUT2D eigenvalue weighted by Crippen LogP contribution is 2.30. The molecule has 102 valence electrons. The van der Waals surface area contributed by atoms with E-state index in [1.54, 1.807) is 18.2 Å². The first-order valence-electron chi connectivity index (χ1n) is 6.48. The molecule has 0 amide bonds. The number of H-pyrrole nitrogens is 1. The molecule has 5 heteroatoms. The van der Waals surface area contributed by atoms with Gasteiger partial charge < -0.3 is 9.40 Å². The van der Waals surface area contributed by atoms with Gasteiger partial charge in [0.25, 0.3) is 5.89 Å². The summed E-state index contributed by atoms with van der Waals surface area (Å²) in [6.45, 7) is 0. The zero-order valence-electron chi connectivity index (χ0n) is 10.9. The molecule has 1 N–H and O–H groups in total. The number of rotatable bonds is 2. The van der Waals surface area contributed by atoms with Crippen LogP contribution in [0.1, 0.15) is 0 Å². The van der Waals surface area contributed by atoms with E-state index in [0.717, 1.165) is 16.5 Å². The Morgan fingerprint density at radius 3 is 2.43 bits per heavy atom. The van der Waals surface area contributed by atoms with Gasteiger partial charge >= 0.3 is 0 Å². The van der Waals surface area contributed by atoms with E-state index in [1.807, 2.05) is 30.5 Å². The number of para-hydroxylation sites is 1. The van der Waals surface area contributed by atoms with Gasteiger partial charge in [-0.15, -0.1) is 10.2 Å². The summed E-state index contributed by atoms with van der Waals surface area (Å²) in [7, 11) is 0. The Labute approximate surface area is 119 Å². The van der Waals surface area contributed by atoms with Crippen molar-refractivity contribution in [3.8, 4) is 22.9 Å². The minimum atomic E-state index is -0.383. The molecule has 0 aliphatic heterocycles. The highest BCUT2D eigenvalue weighted by Gasteiger charge is 2.15. The van der Waals surface area contributed by atoms with Crippen molar-refractivity contribution < 1.29 is 8.81 Å². The van der Waals surface area contributed by atoms with E-state index in [0.29, 0.717) is 11.5 Å². The summed E-state index contributed by atoms with van der Waals surface area (Å²) in [5, 5.41) is 8.95. The molecule has 0 spiro atoms. The lowest BCUT2D eigenvalue weighted by molar-refractivity contribution is 0.571. The van der Waals surface area contributed by atoms with E-state index in [9.17, 15) is 4.39 Å². The Kier molecular flexibility index (Phi) is 2.57. The number of benzene rings is 2. The Balaban J connectivity index is 1.83. The van der Waals surface area contributed by atoms with Crippen LogP contribution < -0.4 is 0 Å². The van der Waals surface area contributed by atoms with Crippen LogP contribution in [0.15, 0.2) is 59.1 Å². The Bertz CT molecular complexity index is 926. The molecule has 0 saturated heterocycles. The van der Waals surface area contributed by atoms with E-state index in [2.05, 4.69) is 15.2 Å². The molecular formula is C16H10FN3O. The summed E-state index contributed by atoms with van der Waals surface area (Å²) in [6, 6.07) is 14.1. The normalized spacial score (nSPS) is 11.1. The van der Waals surface area contributed by atoms with E-state index >= 15 is 0 Å². The molecule has 0 atom stereocenters. The van der Waals surface area contributed by atoms with Gasteiger partial charge in [0.1, 0.15) is 5.82 Å². The number of nitrogens with zero attached hydrogens (tertiary/aromatic N) is 2. The van der Waals surface area contributed by atoms with Crippen molar-refractivity contribution >= 4 is 10.9 Å². The highest BCUT2D eigenvalue weighted by atomic mass is 19.1. The SMILES string of the molecule is Fc1ccccc1-c1nnc(-c2c[nH]c3ccccc23)o1. The average molecular weight is 279 g/mol. The van der Waals surface area contributed by atoms with Gasteiger partial charge in [-0.3, -0.25) is 0 Å². The molecular weight excluding hydrogens is 269 g/mol. The van der Waals surface area contributed by atoms with Gasteiger partial charge in [0.2, 0.25) is 5.89 Å². The smallest absolute Gasteiger partial charge is 0.251 e. The third-order valence-corrected chi connectivity index (χ3v) is 3.35. The number of halogens is 1. The Morgan fingerprint density at radius 2 is 1.57 bits per heavy atom. The molecule has 0 aliphatic carbocycles. The fourth-order valence-corrected chi connectivity index (χ4v) is 2.32. The lowest BCUT2D eigenvalue weighted by Gasteiger charge is -1.95. The molecule has 2 heterocycles. The van der Waals surface area contributed by atoms with E-state index < -0.39 is 0 Å². The van der Waals surface area contributed by atoms with Gasteiger partial charge in [0.15, 0.2) is 0 Å². The lowest BCUT2D eigenvalue weighted by atomic mass is 10.2. The number of fused-ring (bicyclic) bond motifs is 1. The van der Waals surface area contributed by atoms with Gasteiger partial charge in [-0.1, -0.05) is 30.3 Å². The minimum Gasteiger partial charge on any atom is -0.416 e. The molecule has 4 aromatic rings. The molecule has 4 rings (SSSR count). The van der Waals surface area contributed by atoms with Crippen molar-refractivity contribution in [2.24, 2.45) is 0 Å². The molecule has 0 radical (unpaired) electrons. The standard InChI is InChI=1S/C16H10FN3O/c17-13-7-3-1-6-11(13)15-19-20-16(21-15)12-9-18-14-8-4-2-5-10(12)14/h1-9,18H. The summed E-state index contributed by atoms with van der Waals surface area (Å²) in [4.78, 5) is 3.15. The Hall–Kier alpha value is -2.95. The van der Waals surface area contributed by atoms with Gasteiger partial charge in [-0.25, -0.2) is 4.39 Å². The second-order valence-electron chi connectivity index (χ2n) is 4.64. The van der Waals surface area contributed by atoms with Crippen LogP contribution in [-0.2, 0) is 0 Å². The monoisotopic (exact) mass is 279 g/mol. The zero-order chi connectivity index (χ0) is 14.2. The third-order valence-electron chi connectivity index (χ3n) is 3.35. The first-order valence-corrected chi connectivity index (χ1v) is 6.48. The number of aromatic nitrogens is 3. The van der Waals surface area contributed by atoms with Crippen molar-refractivity contribution in [2.75, 3.05) is 0 Å². The molecule has 2 aromatic heterocycles. The van der Waals surface area contributed by atoms with Crippen molar-refractivity contribution in [1.29, 1.82) is 0 Å². The van der Waals surface area contributed by atoms with E-state index in [1.165, 1.54) is 6.07 Å². The molecule has 0 bridgehead atoms. The minimum absolute atomic E-state index is 0.174. The quantitative estimate of drug-likeness (QED) is 0.603. The number of nitrogens with one attached hydrogen (secondary N) is 1. The van der Waals surface area contributed by atoms with Crippen molar-refractivity contribution in [3.05, 3.63) is 60.5 Å². The predicted octanol–water partition coefficient (Wildman–Crippen LogP) is 4.02. The van der Waals surface area contributed by atoms with Crippen LogP contribution in [-0.4, -0.2) is 15.2 Å². The van der Waals surface area contributed by atoms with Crippen LogP contribution in [0.25, 0.3) is 33.8 Å². The molecule has 0 fully saturated rings. The van der Waals surface area contributed by atoms with Gasteiger partial charge in [0, 0.05) is 17.1 Å². The van der Waals surface area contributed by atoms with E-state index in [4.69, 9.17) is 4.42 Å². The van der Waals surface area contributed by atoms with Crippen molar-refractivity contribution in [3.63, 3.8) is 0 Å². The molecule has 0 unspecified atom stereocenters. The zero-order valence-corrected chi connectivity index (χ0v) is 10.9. The second-order valence-corrected chi connectivity index (χ2v) is 4.64. The fourth-order valence-electron chi connectivity index (χ4n) is 2.32. The maximum atomic E-state index is 13.7. The maximum absolute atomic E-state index is 13.7. The van der Waals surface area contributed by atoms with E-state index in [-0.39, 0.29) is 11.7 Å². The van der Waals surface area contributed by atoms with Gasteiger partial charge in [-0.2, -0.15) is 0 Å². The van der Waals surface area contributed by atoms with Crippen LogP contribution >= 0.6 is 0 Å². The third kappa shape index (κ3) is 1.90. The maximum Gasteiger partial charge on any atom is 0.251 e. The average Bonchev–Trinajstić information content (AvgIpc) is 3.14. The van der Waals surface area contributed by atoms with Crippen LogP contribution in [0.2, 0.25) is 0 Å². The highest BCUT2D eigenvalue weighted by molar-refractivity contribution is 5.93. The largest absolute Gasteiger partial charge is 0.416 e. The fraction of sp³-hybridized carbons (Fsp3) is 0. The second kappa shape index (κ2) is 4.56. The first kappa shape index (κ1) is 11.8.